The van der Waals surface area contributed by atoms with E-state index in [2.05, 4.69) is 5.32 Å². The second-order valence-corrected chi connectivity index (χ2v) is 5.44. The first-order valence-corrected chi connectivity index (χ1v) is 7.35. The van der Waals surface area contributed by atoms with Gasteiger partial charge in [-0.05, 0) is 29.8 Å². The summed E-state index contributed by atoms with van der Waals surface area (Å²) >= 11 is 0. The smallest absolute Gasteiger partial charge is 0.255 e. The molecule has 0 aliphatic rings. The Labute approximate surface area is 140 Å². The molecule has 2 aromatic carbocycles. The van der Waals surface area contributed by atoms with Gasteiger partial charge >= 0.3 is 0 Å². The van der Waals surface area contributed by atoms with Crippen molar-refractivity contribution >= 4 is 17.5 Å². The number of amides is 2. The van der Waals surface area contributed by atoms with Crippen LogP contribution in [0, 0.1) is 5.82 Å². The van der Waals surface area contributed by atoms with E-state index in [1.807, 2.05) is 0 Å². The predicted octanol–water partition coefficient (Wildman–Crippen LogP) is 2.72. The third-order valence-electron chi connectivity index (χ3n) is 3.42. The number of methoxy groups -OCH3 is 1. The standard InChI is InChI=1S/C18H19FN2O3/c1-21(2)18(23)13-6-4-5-7-15(13)20-17(22)11-12-8-9-16(24-3)14(19)10-12/h4-10H,11H2,1-3H3,(H,20,22). The molecule has 0 saturated heterocycles. The van der Waals surface area contributed by atoms with Gasteiger partial charge < -0.3 is 15.0 Å². The van der Waals surface area contributed by atoms with Crippen LogP contribution in [-0.4, -0.2) is 37.9 Å². The van der Waals surface area contributed by atoms with Crippen molar-refractivity contribution in [2.24, 2.45) is 0 Å². The molecule has 0 atom stereocenters. The van der Waals surface area contributed by atoms with Gasteiger partial charge in [0.15, 0.2) is 11.6 Å². The summed E-state index contributed by atoms with van der Waals surface area (Å²) in [6.07, 6.45) is -0.00853. The van der Waals surface area contributed by atoms with E-state index in [0.29, 0.717) is 16.8 Å². The summed E-state index contributed by atoms with van der Waals surface area (Å²) in [6, 6.07) is 11.1. The number of halogens is 1. The minimum atomic E-state index is -0.522. The van der Waals surface area contributed by atoms with Crippen LogP contribution in [0.3, 0.4) is 0 Å². The van der Waals surface area contributed by atoms with Crippen LogP contribution in [0.1, 0.15) is 15.9 Å². The van der Waals surface area contributed by atoms with E-state index in [1.165, 1.54) is 24.1 Å². The van der Waals surface area contributed by atoms with Gasteiger partial charge in [0.2, 0.25) is 5.91 Å². The summed E-state index contributed by atoms with van der Waals surface area (Å²) in [4.78, 5) is 25.8. The van der Waals surface area contributed by atoms with E-state index >= 15 is 0 Å². The highest BCUT2D eigenvalue weighted by atomic mass is 19.1. The van der Waals surface area contributed by atoms with Crippen molar-refractivity contribution in [3.63, 3.8) is 0 Å². The van der Waals surface area contributed by atoms with Crippen LogP contribution in [0.15, 0.2) is 42.5 Å². The molecule has 126 valence electrons. The van der Waals surface area contributed by atoms with Crippen LogP contribution in [0.2, 0.25) is 0 Å². The van der Waals surface area contributed by atoms with Crippen LogP contribution in [-0.2, 0) is 11.2 Å². The van der Waals surface area contributed by atoms with Crippen LogP contribution in [0.5, 0.6) is 5.75 Å². The summed E-state index contributed by atoms with van der Waals surface area (Å²) in [6.45, 7) is 0. The normalized spacial score (nSPS) is 10.2. The molecule has 6 heteroatoms. The number of nitrogens with one attached hydrogen (secondary N) is 1. The molecule has 5 nitrogen and oxygen atoms in total. The van der Waals surface area contributed by atoms with Crippen molar-refractivity contribution in [3.05, 3.63) is 59.4 Å². The van der Waals surface area contributed by atoms with Crippen molar-refractivity contribution in [2.75, 3.05) is 26.5 Å². The lowest BCUT2D eigenvalue weighted by atomic mass is 10.1. The van der Waals surface area contributed by atoms with Gasteiger partial charge in [-0.1, -0.05) is 18.2 Å². The lowest BCUT2D eigenvalue weighted by Gasteiger charge is -2.14. The van der Waals surface area contributed by atoms with E-state index in [-0.39, 0.29) is 24.0 Å². The van der Waals surface area contributed by atoms with Crippen molar-refractivity contribution < 1.29 is 18.7 Å². The van der Waals surface area contributed by atoms with Crippen LogP contribution in [0.4, 0.5) is 10.1 Å². The number of nitrogens with zero attached hydrogens (tertiary/aromatic N) is 1. The highest BCUT2D eigenvalue weighted by Gasteiger charge is 2.15. The van der Waals surface area contributed by atoms with Gasteiger partial charge in [-0.25, -0.2) is 4.39 Å². The van der Waals surface area contributed by atoms with Gasteiger partial charge in [0, 0.05) is 14.1 Å². The quantitative estimate of drug-likeness (QED) is 0.917. The van der Waals surface area contributed by atoms with Crippen LogP contribution < -0.4 is 10.1 Å². The summed E-state index contributed by atoms with van der Waals surface area (Å²) in [5.41, 5.74) is 1.34. The van der Waals surface area contributed by atoms with E-state index in [1.54, 1.807) is 44.4 Å². The Morgan fingerprint density at radius 2 is 1.88 bits per heavy atom. The third kappa shape index (κ3) is 4.10. The second kappa shape index (κ2) is 7.59. The molecule has 0 unspecified atom stereocenters. The first-order valence-electron chi connectivity index (χ1n) is 7.35. The highest BCUT2D eigenvalue weighted by molar-refractivity contribution is 6.03. The molecule has 2 amide bonds. The zero-order chi connectivity index (χ0) is 17.7. The maximum Gasteiger partial charge on any atom is 0.255 e. The Kier molecular flexibility index (Phi) is 5.52. The molecule has 0 radical (unpaired) electrons. The second-order valence-electron chi connectivity index (χ2n) is 5.44. The van der Waals surface area contributed by atoms with Gasteiger partial charge in [0.25, 0.3) is 5.91 Å². The van der Waals surface area contributed by atoms with Gasteiger partial charge in [-0.15, -0.1) is 0 Å². The fourth-order valence-corrected chi connectivity index (χ4v) is 2.22. The topological polar surface area (TPSA) is 58.6 Å². The molecule has 2 rings (SSSR count). The Morgan fingerprint density at radius 1 is 1.17 bits per heavy atom. The molecular weight excluding hydrogens is 311 g/mol. The maximum absolute atomic E-state index is 13.7. The van der Waals surface area contributed by atoms with Gasteiger partial charge in [-0.3, -0.25) is 9.59 Å². The minimum Gasteiger partial charge on any atom is -0.494 e. The summed E-state index contributed by atoms with van der Waals surface area (Å²) in [7, 11) is 4.66. The fourth-order valence-electron chi connectivity index (χ4n) is 2.22. The average molecular weight is 330 g/mol. The zero-order valence-electron chi connectivity index (χ0n) is 13.8. The largest absolute Gasteiger partial charge is 0.494 e. The summed E-state index contributed by atoms with van der Waals surface area (Å²) < 4.78 is 18.5. The Balaban J connectivity index is 2.13. The maximum atomic E-state index is 13.7. The lowest BCUT2D eigenvalue weighted by molar-refractivity contribution is -0.115. The molecule has 24 heavy (non-hydrogen) atoms. The third-order valence-corrected chi connectivity index (χ3v) is 3.42. The van der Waals surface area contributed by atoms with Gasteiger partial charge in [-0.2, -0.15) is 0 Å². The van der Waals surface area contributed by atoms with Gasteiger partial charge in [0.1, 0.15) is 0 Å². The number of anilines is 1. The highest BCUT2D eigenvalue weighted by Crippen LogP contribution is 2.19. The molecule has 0 saturated carbocycles. The van der Waals surface area contributed by atoms with Crippen molar-refractivity contribution in [2.45, 2.75) is 6.42 Å². The van der Waals surface area contributed by atoms with E-state index < -0.39 is 5.82 Å². The predicted molar refractivity (Wildman–Crippen MR) is 89.7 cm³/mol. The number of para-hydroxylation sites is 1. The SMILES string of the molecule is COc1ccc(CC(=O)Nc2ccccc2C(=O)N(C)C)cc1F. The first kappa shape index (κ1) is 17.5. The molecule has 1 N–H and O–H groups in total. The number of benzene rings is 2. The Hall–Kier alpha value is -2.89. The summed E-state index contributed by atoms with van der Waals surface area (Å²) in [5.74, 6) is -0.938. The molecule has 0 aliphatic carbocycles. The molecule has 2 aromatic rings. The molecule has 0 spiro atoms. The molecule has 0 fully saturated rings. The molecule has 0 aliphatic heterocycles. The van der Waals surface area contributed by atoms with Crippen molar-refractivity contribution in [1.29, 1.82) is 0 Å². The first-order chi connectivity index (χ1) is 11.4. The van der Waals surface area contributed by atoms with Gasteiger partial charge in [0.05, 0.1) is 24.8 Å². The van der Waals surface area contributed by atoms with Crippen molar-refractivity contribution in [1.82, 2.24) is 4.90 Å². The number of carbonyl (C=O) groups is 2. The monoisotopic (exact) mass is 330 g/mol. The lowest BCUT2D eigenvalue weighted by Crippen LogP contribution is -2.24. The average Bonchev–Trinajstić information content (AvgIpc) is 2.54. The fraction of sp³-hybridized carbons (Fsp3) is 0.222. The van der Waals surface area contributed by atoms with E-state index in [0.717, 1.165) is 0 Å². The number of carbonyl (C=O) groups excluding carboxylic acids is 2. The minimum absolute atomic E-state index is 0.00853. The van der Waals surface area contributed by atoms with E-state index in [4.69, 9.17) is 4.74 Å². The van der Waals surface area contributed by atoms with Crippen LogP contribution >= 0.6 is 0 Å². The number of ether oxygens (including phenoxy) is 1. The van der Waals surface area contributed by atoms with Crippen molar-refractivity contribution in [3.8, 4) is 5.75 Å². The Morgan fingerprint density at radius 3 is 2.50 bits per heavy atom. The summed E-state index contributed by atoms with van der Waals surface area (Å²) in [5, 5.41) is 2.70. The molecule has 0 aromatic heterocycles. The zero-order valence-corrected chi connectivity index (χ0v) is 13.8. The van der Waals surface area contributed by atoms with E-state index in [9.17, 15) is 14.0 Å². The molecule has 0 heterocycles. The number of hydrogen-bond donors (Lipinski definition) is 1. The Bertz CT molecular complexity index is 760. The molecular formula is C18H19FN2O3. The molecule has 0 bridgehead atoms. The number of hydrogen-bond acceptors (Lipinski definition) is 3. The number of rotatable bonds is 5. The van der Waals surface area contributed by atoms with Crippen LogP contribution in [0.25, 0.3) is 0 Å².